The molecule has 1 aromatic carbocycles. The molecular formula is C11H16N2O2. The molecule has 0 unspecified atom stereocenters. The van der Waals surface area contributed by atoms with Crippen LogP contribution in [-0.4, -0.2) is 26.8 Å². The Morgan fingerprint density at radius 1 is 1.47 bits per heavy atom. The third-order valence-electron chi connectivity index (χ3n) is 1.88. The molecule has 0 bridgehead atoms. The van der Waals surface area contributed by atoms with Crippen LogP contribution < -0.4 is 10.2 Å². The first-order valence-electron chi connectivity index (χ1n) is 4.84. The predicted molar refractivity (Wildman–Crippen MR) is 61.4 cm³/mol. The van der Waals surface area contributed by atoms with Crippen LogP contribution >= 0.6 is 0 Å². The minimum atomic E-state index is -0.423. The molecular weight excluding hydrogens is 192 g/mol. The van der Waals surface area contributed by atoms with Crippen LogP contribution in [0.3, 0.4) is 0 Å². The lowest BCUT2D eigenvalue weighted by Crippen LogP contribution is -2.14. The first-order valence-corrected chi connectivity index (χ1v) is 4.84. The maximum absolute atomic E-state index is 11.1. The van der Waals surface area contributed by atoms with Crippen molar-refractivity contribution < 1.29 is 9.53 Å². The standard InChI is InChI=1S/C11H16N2O2/c1-4-15-11(14)12-9-6-5-7-10(8-9)13(2)3/h5-8H,4H2,1-3H3,(H,12,14). The van der Waals surface area contributed by atoms with Crippen molar-refractivity contribution in [3.63, 3.8) is 0 Å². The first kappa shape index (κ1) is 11.4. The Morgan fingerprint density at radius 3 is 2.80 bits per heavy atom. The number of nitrogens with one attached hydrogen (secondary N) is 1. The fourth-order valence-corrected chi connectivity index (χ4v) is 1.15. The van der Waals surface area contributed by atoms with Gasteiger partial charge in [-0.3, -0.25) is 5.32 Å². The minimum absolute atomic E-state index is 0.374. The molecule has 0 saturated carbocycles. The van der Waals surface area contributed by atoms with Gasteiger partial charge in [0.1, 0.15) is 0 Å². The Kier molecular flexibility index (Phi) is 3.97. The molecule has 4 nitrogen and oxygen atoms in total. The number of hydrogen-bond donors (Lipinski definition) is 1. The first-order chi connectivity index (χ1) is 7.13. The van der Waals surface area contributed by atoms with E-state index >= 15 is 0 Å². The van der Waals surface area contributed by atoms with E-state index in [1.54, 1.807) is 6.92 Å². The average Bonchev–Trinajstić information content (AvgIpc) is 2.18. The second-order valence-corrected chi connectivity index (χ2v) is 3.29. The van der Waals surface area contributed by atoms with Gasteiger partial charge in [-0.15, -0.1) is 0 Å². The van der Waals surface area contributed by atoms with Gasteiger partial charge in [-0.2, -0.15) is 0 Å². The number of amides is 1. The summed E-state index contributed by atoms with van der Waals surface area (Å²) in [7, 11) is 3.90. The van der Waals surface area contributed by atoms with Crippen LogP contribution in [0.4, 0.5) is 16.2 Å². The SMILES string of the molecule is CCOC(=O)Nc1cccc(N(C)C)c1. The van der Waals surface area contributed by atoms with E-state index in [1.807, 2.05) is 43.3 Å². The van der Waals surface area contributed by atoms with Crippen LogP contribution in [0.25, 0.3) is 0 Å². The number of hydrogen-bond acceptors (Lipinski definition) is 3. The van der Waals surface area contributed by atoms with Gasteiger partial charge in [-0.1, -0.05) is 6.07 Å². The molecule has 1 aromatic rings. The van der Waals surface area contributed by atoms with Crippen LogP contribution in [0.2, 0.25) is 0 Å². The van der Waals surface area contributed by atoms with Crippen molar-refractivity contribution >= 4 is 17.5 Å². The molecule has 0 heterocycles. The minimum Gasteiger partial charge on any atom is -0.450 e. The lowest BCUT2D eigenvalue weighted by atomic mass is 10.2. The molecule has 0 aliphatic heterocycles. The summed E-state index contributed by atoms with van der Waals surface area (Å²) in [6.07, 6.45) is -0.423. The zero-order valence-corrected chi connectivity index (χ0v) is 9.28. The third-order valence-corrected chi connectivity index (χ3v) is 1.88. The van der Waals surface area contributed by atoms with E-state index in [4.69, 9.17) is 4.74 Å². The lowest BCUT2D eigenvalue weighted by Gasteiger charge is -2.13. The molecule has 1 N–H and O–H groups in total. The second-order valence-electron chi connectivity index (χ2n) is 3.29. The smallest absolute Gasteiger partial charge is 0.411 e. The highest BCUT2D eigenvalue weighted by molar-refractivity contribution is 5.85. The van der Waals surface area contributed by atoms with Gasteiger partial charge < -0.3 is 9.64 Å². The van der Waals surface area contributed by atoms with Gasteiger partial charge in [0, 0.05) is 25.5 Å². The van der Waals surface area contributed by atoms with E-state index in [2.05, 4.69) is 5.32 Å². The Hall–Kier alpha value is -1.71. The van der Waals surface area contributed by atoms with Gasteiger partial charge in [0.2, 0.25) is 0 Å². The normalized spacial score (nSPS) is 9.53. The van der Waals surface area contributed by atoms with E-state index in [9.17, 15) is 4.79 Å². The number of anilines is 2. The predicted octanol–water partition coefficient (Wildman–Crippen LogP) is 2.32. The highest BCUT2D eigenvalue weighted by atomic mass is 16.5. The maximum atomic E-state index is 11.1. The summed E-state index contributed by atoms with van der Waals surface area (Å²) < 4.78 is 4.78. The van der Waals surface area contributed by atoms with E-state index in [-0.39, 0.29) is 0 Å². The largest absolute Gasteiger partial charge is 0.450 e. The summed E-state index contributed by atoms with van der Waals surface area (Å²) in [6.45, 7) is 2.15. The van der Waals surface area contributed by atoms with Gasteiger partial charge in [-0.25, -0.2) is 4.79 Å². The molecule has 0 saturated heterocycles. The molecule has 0 atom stereocenters. The van der Waals surface area contributed by atoms with Gasteiger partial charge >= 0.3 is 6.09 Å². The van der Waals surface area contributed by atoms with Crippen LogP contribution in [0.1, 0.15) is 6.92 Å². The van der Waals surface area contributed by atoms with Crippen molar-refractivity contribution in [2.75, 3.05) is 30.9 Å². The summed E-state index contributed by atoms with van der Waals surface area (Å²) in [4.78, 5) is 13.1. The van der Waals surface area contributed by atoms with Crippen LogP contribution in [0.15, 0.2) is 24.3 Å². The number of carbonyl (C=O) groups excluding carboxylic acids is 1. The van der Waals surface area contributed by atoms with Crippen molar-refractivity contribution in [2.24, 2.45) is 0 Å². The van der Waals surface area contributed by atoms with Crippen molar-refractivity contribution in [3.05, 3.63) is 24.3 Å². The molecule has 0 radical (unpaired) electrons. The molecule has 0 spiro atoms. The quantitative estimate of drug-likeness (QED) is 0.828. The molecule has 1 rings (SSSR count). The number of carbonyl (C=O) groups is 1. The number of ether oxygens (including phenoxy) is 1. The second kappa shape index (κ2) is 5.24. The summed E-state index contributed by atoms with van der Waals surface area (Å²) in [5, 5.41) is 2.65. The summed E-state index contributed by atoms with van der Waals surface area (Å²) >= 11 is 0. The Labute approximate surface area is 89.8 Å². The average molecular weight is 208 g/mol. The number of rotatable bonds is 3. The Balaban J connectivity index is 2.69. The van der Waals surface area contributed by atoms with E-state index in [1.165, 1.54) is 0 Å². The monoisotopic (exact) mass is 208 g/mol. The highest BCUT2D eigenvalue weighted by Gasteiger charge is 2.02. The maximum Gasteiger partial charge on any atom is 0.411 e. The van der Waals surface area contributed by atoms with Crippen LogP contribution in [0.5, 0.6) is 0 Å². The molecule has 0 fully saturated rings. The van der Waals surface area contributed by atoms with Crippen molar-refractivity contribution in [1.29, 1.82) is 0 Å². The molecule has 0 aliphatic carbocycles. The lowest BCUT2D eigenvalue weighted by molar-refractivity contribution is 0.168. The number of benzene rings is 1. The van der Waals surface area contributed by atoms with E-state index < -0.39 is 6.09 Å². The third kappa shape index (κ3) is 3.50. The van der Waals surface area contributed by atoms with Gasteiger partial charge in [0.25, 0.3) is 0 Å². The fraction of sp³-hybridized carbons (Fsp3) is 0.364. The van der Waals surface area contributed by atoms with Gasteiger partial charge in [0.05, 0.1) is 6.61 Å². The van der Waals surface area contributed by atoms with E-state index in [0.29, 0.717) is 6.61 Å². The molecule has 4 heteroatoms. The molecule has 0 aromatic heterocycles. The van der Waals surface area contributed by atoms with Gasteiger partial charge in [0.15, 0.2) is 0 Å². The highest BCUT2D eigenvalue weighted by Crippen LogP contribution is 2.17. The Morgan fingerprint density at radius 2 is 2.20 bits per heavy atom. The Bertz CT molecular complexity index is 337. The van der Waals surface area contributed by atoms with E-state index in [0.717, 1.165) is 11.4 Å². The zero-order valence-electron chi connectivity index (χ0n) is 9.28. The van der Waals surface area contributed by atoms with Gasteiger partial charge in [-0.05, 0) is 25.1 Å². The van der Waals surface area contributed by atoms with Crippen molar-refractivity contribution in [1.82, 2.24) is 0 Å². The fourth-order valence-electron chi connectivity index (χ4n) is 1.15. The van der Waals surface area contributed by atoms with Crippen molar-refractivity contribution in [2.45, 2.75) is 6.92 Å². The van der Waals surface area contributed by atoms with Crippen LogP contribution in [0, 0.1) is 0 Å². The molecule has 82 valence electrons. The molecule has 0 aliphatic rings. The topological polar surface area (TPSA) is 41.6 Å². The molecule has 15 heavy (non-hydrogen) atoms. The van der Waals surface area contributed by atoms with Crippen molar-refractivity contribution in [3.8, 4) is 0 Å². The molecule has 1 amide bonds. The number of nitrogens with zero attached hydrogens (tertiary/aromatic N) is 1. The summed E-state index contributed by atoms with van der Waals surface area (Å²) in [5.41, 5.74) is 1.77. The summed E-state index contributed by atoms with van der Waals surface area (Å²) in [6, 6.07) is 7.56. The van der Waals surface area contributed by atoms with Crippen LogP contribution in [-0.2, 0) is 4.74 Å². The summed E-state index contributed by atoms with van der Waals surface area (Å²) in [5.74, 6) is 0. The zero-order chi connectivity index (χ0) is 11.3.